The zero-order valence-electron chi connectivity index (χ0n) is 13.3. The van der Waals surface area contributed by atoms with Crippen molar-refractivity contribution in [2.45, 2.75) is 0 Å². The minimum atomic E-state index is -0.650. The molecule has 0 aliphatic carbocycles. The van der Waals surface area contributed by atoms with Crippen molar-refractivity contribution in [2.75, 3.05) is 36.2 Å². The Labute approximate surface area is 140 Å². The lowest BCUT2D eigenvalue weighted by Gasteiger charge is -2.13. The van der Waals surface area contributed by atoms with Crippen molar-refractivity contribution in [1.82, 2.24) is 0 Å². The van der Waals surface area contributed by atoms with Crippen molar-refractivity contribution in [1.29, 1.82) is 0 Å². The average Bonchev–Trinajstić information content (AvgIpc) is 2.56. The molecular formula is C17H20N4O3. The fraction of sp³-hybridized carbons (Fsp3) is 0.176. The molecule has 3 amide bonds. The van der Waals surface area contributed by atoms with E-state index in [0.29, 0.717) is 30.1 Å². The maximum Gasteiger partial charge on any atom is 0.316 e. The van der Waals surface area contributed by atoms with Crippen LogP contribution in [0.2, 0.25) is 0 Å². The van der Waals surface area contributed by atoms with Gasteiger partial charge in [0, 0.05) is 24.9 Å². The molecule has 0 unspecified atom stereocenters. The van der Waals surface area contributed by atoms with E-state index in [1.807, 2.05) is 24.3 Å². The number of primary amides is 1. The van der Waals surface area contributed by atoms with E-state index in [9.17, 15) is 9.59 Å². The molecule has 24 heavy (non-hydrogen) atoms. The SMILES string of the molecule is COCCNc1ccccc1NC(=O)c1ccc(NC(N)=O)cc1. The van der Waals surface area contributed by atoms with Gasteiger partial charge < -0.3 is 26.4 Å². The molecule has 5 N–H and O–H groups in total. The topological polar surface area (TPSA) is 105 Å². The van der Waals surface area contributed by atoms with Crippen LogP contribution in [0.25, 0.3) is 0 Å². The zero-order chi connectivity index (χ0) is 17.4. The Hall–Kier alpha value is -3.06. The van der Waals surface area contributed by atoms with Gasteiger partial charge in [-0.25, -0.2) is 4.79 Å². The third-order valence-corrected chi connectivity index (χ3v) is 3.21. The molecule has 0 saturated carbocycles. The van der Waals surface area contributed by atoms with E-state index in [1.54, 1.807) is 31.4 Å². The molecule has 0 spiro atoms. The van der Waals surface area contributed by atoms with Gasteiger partial charge in [-0.15, -0.1) is 0 Å². The third-order valence-electron chi connectivity index (χ3n) is 3.21. The van der Waals surface area contributed by atoms with Gasteiger partial charge in [0.05, 0.1) is 18.0 Å². The van der Waals surface area contributed by atoms with Crippen molar-refractivity contribution in [3.05, 3.63) is 54.1 Å². The summed E-state index contributed by atoms with van der Waals surface area (Å²) in [7, 11) is 1.63. The highest BCUT2D eigenvalue weighted by Crippen LogP contribution is 2.21. The molecule has 2 aromatic rings. The Morgan fingerprint density at radius 3 is 2.29 bits per heavy atom. The van der Waals surface area contributed by atoms with Crippen LogP contribution in [0.5, 0.6) is 0 Å². The number of methoxy groups -OCH3 is 1. The lowest BCUT2D eigenvalue weighted by Crippen LogP contribution is -2.19. The maximum atomic E-state index is 12.4. The standard InChI is InChI=1S/C17H20N4O3/c1-24-11-10-19-14-4-2-3-5-15(14)21-16(22)12-6-8-13(9-7-12)20-17(18)23/h2-9,19H,10-11H2,1H3,(H,21,22)(H3,18,20,23). The van der Waals surface area contributed by atoms with Crippen LogP contribution in [0.4, 0.5) is 21.9 Å². The van der Waals surface area contributed by atoms with E-state index < -0.39 is 6.03 Å². The summed E-state index contributed by atoms with van der Waals surface area (Å²) < 4.78 is 5.00. The molecular weight excluding hydrogens is 308 g/mol. The van der Waals surface area contributed by atoms with E-state index in [-0.39, 0.29) is 5.91 Å². The number of hydrogen-bond acceptors (Lipinski definition) is 4. The first-order valence-electron chi connectivity index (χ1n) is 7.40. The van der Waals surface area contributed by atoms with Crippen molar-refractivity contribution in [3.63, 3.8) is 0 Å². The largest absolute Gasteiger partial charge is 0.383 e. The number of anilines is 3. The van der Waals surface area contributed by atoms with Crippen LogP contribution in [0.3, 0.4) is 0 Å². The Balaban J connectivity index is 2.05. The third kappa shape index (κ3) is 4.99. The summed E-state index contributed by atoms with van der Waals surface area (Å²) in [5.74, 6) is -0.249. The number of carbonyl (C=O) groups is 2. The molecule has 0 saturated heterocycles. The fourth-order valence-corrected chi connectivity index (χ4v) is 2.08. The summed E-state index contributed by atoms with van der Waals surface area (Å²) in [6.07, 6.45) is 0. The molecule has 126 valence electrons. The summed E-state index contributed by atoms with van der Waals surface area (Å²) in [5, 5.41) is 8.50. The van der Waals surface area contributed by atoms with Crippen molar-refractivity contribution < 1.29 is 14.3 Å². The number of rotatable bonds is 7. The molecule has 0 heterocycles. The second-order valence-electron chi connectivity index (χ2n) is 4.99. The number of urea groups is 1. The lowest BCUT2D eigenvalue weighted by molar-refractivity contribution is 0.102. The summed E-state index contributed by atoms with van der Waals surface area (Å²) >= 11 is 0. The number of hydrogen-bond donors (Lipinski definition) is 4. The normalized spacial score (nSPS) is 10.0. The van der Waals surface area contributed by atoms with Gasteiger partial charge in [0.1, 0.15) is 0 Å². The van der Waals surface area contributed by atoms with Crippen LogP contribution >= 0.6 is 0 Å². The van der Waals surface area contributed by atoms with Crippen LogP contribution < -0.4 is 21.7 Å². The second kappa shape index (κ2) is 8.54. The van der Waals surface area contributed by atoms with Crippen LogP contribution in [0, 0.1) is 0 Å². The quantitative estimate of drug-likeness (QED) is 0.586. The number of carbonyl (C=O) groups excluding carboxylic acids is 2. The first kappa shape index (κ1) is 17.3. The lowest BCUT2D eigenvalue weighted by atomic mass is 10.2. The summed E-state index contributed by atoms with van der Waals surface area (Å²) in [4.78, 5) is 23.1. The Kier molecular flexibility index (Phi) is 6.16. The van der Waals surface area contributed by atoms with Gasteiger partial charge in [-0.3, -0.25) is 4.79 Å². The van der Waals surface area contributed by atoms with E-state index in [4.69, 9.17) is 10.5 Å². The van der Waals surface area contributed by atoms with Gasteiger partial charge >= 0.3 is 6.03 Å². The predicted octanol–water partition coefficient (Wildman–Crippen LogP) is 2.49. The monoisotopic (exact) mass is 328 g/mol. The molecule has 0 radical (unpaired) electrons. The molecule has 7 nitrogen and oxygen atoms in total. The van der Waals surface area contributed by atoms with Crippen LogP contribution in [0.1, 0.15) is 10.4 Å². The zero-order valence-corrected chi connectivity index (χ0v) is 13.3. The van der Waals surface area contributed by atoms with E-state index in [1.165, 1.54) is 0 Å². The summed E-state index contributed by atoms with van der Waals surface area (Å²) in [5.41, 5.74) is 7.54. The molecule has 2 aromatic carbocycles. The van der Waals surface area contributed by atoms with Gasteiger partial charge in [-0.05, 0) is 36.4 Å². The number of nitrogens with one attached hydrogen (secondary N) is 3. The van der Waals surface area contributed by atoms with Gasteiger partial charge in [0.25, 0.3) is 5.91 Å². The first-order chi connectivity index (χ1) is 11.6. The first-order valence-corrected chi connectivity index (χ1v) is 7.40. The highest BCUT2D eigenvalue weighted by Gasteiger charge is 2.09. The Morgan fingerprint density at radius 2 is 1.67 bits per heavy atom. The number of ether oxygens (including phenoxy) is 1. The predicted molar refractivity (Wildman–Crippen MR) is 94.4 cm³/mol. The van der Waals surface area contributed by atoms with Gasteiger partial charge in [-0.1, -0.05) is 12.1 Å². The highest BCUT2D eigenvalue weighted by atomic mass is 16.5. The van der Waals surface area contributed by atoms with E-state index >= 15 is 0 Å². The molecule has 0 bridgehead atoms. The van der Waals surface area contributed by atoms with Crippen LogP contribution in [-0.2, 0) is 4.74 Å². The number of nitrogens with two attached hydrogens (primary N) is 1. The van der Waals surface area contributed by atoms with Crippen molar-refractivity contribution >= 4 is 29.0 Å². The van der Waals surface area contributed by atoms with E-state index in [2.05, 4.69) is 16.0 Å². The summed E-state index contributed by atoms with van der Waals surface area (Å²) in [6, 6.07) is 13.2. The maximum absolute atomic E-state index is 12.4. The Morgan fingerprint density at radius 1 is 1.00 bits per heavy atom. The van der Waals surface area contributed by atoms with Crippen molar-refractivity contribution in [2.24, 2.45) is 5.73 Å². The number of amides is 3. The molecule has 2 rings (SSSR count). The van der Waals surface area contributed by atoms with E-state index in [0.717, 1.165) is 5.69 Å². The van der Waals surface area contributed by atoms with Gasteiger partial charge in [0.15, 0.2) is 0 Å². The van der Waals surface area contributed by atoms with Crippen molar-refractivity contribution in [3.8, 4) is 0 Å². The molecule has 0 atom stereocenters. The smallest absolute Gasteiger partial charge is 0.316 e. The highest BCUT2D eigenvalue weighted by molar-refractivity contribution is 6.06. The molecule has 0 fully saturated rings. The number of benzene rings is 2. The molecule has 0 aliphatic rings. The number of para-hydroxylation sites is 2. The van der Waals surface area contributed by atoms with Gasteiger partial charge in [0.2, 0.25) is 0 Å². The summed E-state index contributed by atoms with van der Waals surface area (Å²) in [6.45, 7) is 1.20. The van der Waals surface area contributed by atoms with Crippen LogP contribution in [-0.4, -0.2) is 32.2 Å². The molecule has 0 aromatic heterocycles. The molecule has 0 aliphatic heterocycles. The average molecular weight is 328 g/mol. The second-order valence-corrected chi connectivity index (χ2v) is 4.99. The minimum absolute atomic E-state index is 0.249. The minimum Gasteiger partial charge on any atom is -0.383 e. The molecule has 7 heteroatoms. The fourth-order valence-electron chi connectivity index (χ4n) is 2.08. The van der Waals surface area contributed by atoms with Crippen LogP contribution in [0.15, 0.2) is 48.5 Å². The van der Waals surface area contributed by atoms with Gasteiger partial charge in [-0.2, -0.15) is 0 Å². The Bertz CT molecular complexity index is 701.